The standard InChI is InChI=1S/C7H12FNO/c1-7(2,3)6(4-8)9-5-10/h6H,4H2,1-3H3. The first kappa shape index (κ1) is 9.31. The van der Waals surface area contributed by atoms with Crippen LogP contribution in [0, 0.1) is 5.41 Å². The molecule has 0 saturated heterocycles. The molecule has 0 radical (unpaired) electrons. The monoisotopic (exact) mass is 145 g/mol. The Morgan fingerprint density at radius 2 is 2.10 bits per heavy atom. The third kappa shape index (κ3) is 2.74. The topological polar surface area (TPSA) is 29.4 Å². The van der Waals surface area contributed by atoms with E-state index in [1.54, 1.807) is 0 Å². The first-order valence-corrected chi connectivity index (χ1v) is 3.15. The number of rotatable bonds is 2. The lowest BCUT2D eigenvalue weighted by Crippen LogP contribution is -2.26. The van der Waals surface area contributed by atoms with Crippen molar-refractivity contribution in [2.24, 2.45) is 10.4 Å². The molecule has 0 N–H and O–H groups in total. The molecule has 58 valence electrons. The Bertz CT molecular complexity index is 144. The minimum absolute atomic E-state index is 0.286. The van der Waals surface area contributed by atoms with E-state index in [2.05, 4.69) is 4.99 Å². The summed E-state index contributed by atoms with van der Waals surface area (Å²) in [6, 6.07) is -0.551. The quantitative estimate of drug-likeness (QED) is 0.429. The normalized spacial score (nSPS) is 14.0. The van der Waals surface area contributed by atoms with Crippen LogP contribution >= 0.6 is 0 Å². The predicted octanol–water partition coefficient (Wildman–Crippen LogP) is 1.71. The van der Waals surface area contributed by atoms with Gasteiger partial charge < -0.3 is 0 Å². The Labute approximate surface area is 60.2 Å². The molecule has 0 spiro atoms. The molecule has 0 aliphatic carbocycles. The first-order chi connectivity index (χ1) is 4.52. The van der Waals surface area contributed by atoms with Gasteiger partial charge >= 0.3 is 0 Å². The van der Waals surface area contributed by atoms with E-state index in [-0.39, 0.29) is 5.41 Å². The number of alkyl halides is 1. The van der Waals surface area contributed by atoms with E-state index in [4.69, 9.17) is 0 Å². The van der Waals surface area contributed by atoms with Gasteiger partial charge in [0.2, 0.25) is 6.08 Å². The van der Waals surface area contributed by atoms with Crippen LogP contribution in [0.25, 0.3) is 0 Å². The molecule has 0 rings (SSSR count). The van der Waals surface area contributed by atoms with Crippen molar-refractivity contribution in [2.75, 3.05) is 6.67 Å². The maximum atomic E-state index is 12.1. The summed E-state index contributed by atoms with van der Waals surface area (Å²) in [5, 5.41) is 0. The molecule has 0 aliphatic rings. The van der Waals surface area contributed by atoms with Crippen molar-refractivity contribution in [3.63, 3.8) is 0 Å². The van der Waals surface area contributed by atoms with Crippen LogP contribution in [0.15, 0.2) is 4.99 Å². The number of halogens is 1. The summed E-state index contributed by atoms with van der Waals surface area (Å²) in [5.41, 5.74) is -0.286. The van der Waals surface area contributed by atoms with Gasteiger partial charge in [-0.25, -0.2) is 9.18 Å². The molecule has 10 heavy (non-hydrogen) atoms. The van der Waals surface area contributed by atoms with Crippen LogP contribution in [0.2, 0.25) is 0 Å². The van der Waals surface area contributed by atoms with Crippen molar-refractivity contribution in [3.8, 4) is 0 Å². The molecule has 0 bridgehead atoms. The molecule has 0 fully saturated rings. The van der Waals surface area contributed by atoms with Crippen LogP contribution in [0.4, 0.5) is 4.39 Å². The summed E-state index contributed by atoms with van der Waals surface area (Å²) in [6.45, 7) is 4.90. The average molecular weight is 145 g/mol. The smallest absolute Gasteiger partial charge is 0.235 e. The fourth-order valence-corrected chi connectivity index (χ4v) is 0.523. The molecule has 2 nitrogen and oxygen atoms in total. The number of carbonyl (C=O) groups excluding carboxylic acids is 1. The highest BCUT2D eigenvalue weighted by molar-refractivity contribution is 5.33. The second-order valence-corrected chi connectivity index (χ2v) is 3.26. The summed E-state index contributed by atoms with van der Waals surface area (Å²) in [6.07, 6.45) is 1.36. The van der Waals surface area contributed by atoms with E-state index in [0.29, 0.717) is 0 Å². The summed E-state index contributed by atoms with van der Waals surface area (Å²) in [5.74, 6) is 0. The molecule has 0 heterocycles. The fraction of sp³-hybridized carbons (Fsp3) is 0.857. The molecule has 0 amide bonds. The van der Waals surface area contributed by atoms with Crippen molar-refractivity contribution >= 4 is 6.08 Å². The van der Waals surface area contributed by atoms with Gasteiger partial charge in [-0.3, -0.25) is 0 Å². The van der Waals surface area contributed by atoms with E-state index >= 15 is 0 Å². The molecule has 0 aliphatic heterocycles. The van der Waals surface area contributed by atoms with Crippen molar-refractivity contribution in [3.05, 3.63) is 0 Å². The fourth-order valence-electron chi connectivity index (χ4n) is 0.523. The van der Waals surface area contributed by atoms with Crippen LogP contribution in [0.5, 0.6) is 0 Å². The number of hydrogen-bond acceptors (Lipinski definition) is 2. The Hall–Kier alpha value is -0.690. The number of aliphatic imine (C=N–C) groups is 1. The van der Waals surface area contributed by atoms with Gasteiger partial charge in [-0.1, -0.05) is 20.8 Å². The van der Waals surface area contributed by atoms with Gasteiger partial charge in [0.25, 0.3) is 0 Å². The second-order valence-electron chi connectivity index (χ2n) is 3.26. The maximum absolute atomic E-state index is 12.1. The molecule has 1 unspecified atom stereocenters. The summed E-state index contributed by atoms with van der Waals surface area (Å²) >= 11 is 0. The minimum Gasteiger partial charge on any atom is -0.249 e. The summed E-state index contributed by atoms with van der Waals surface area (Å²) < 4.78 is 12.1. The molecule has 1 atom stereocenters. The summed E-state index contributed by atoms with van der Waals surface area (Å²) in [4.78, 5) is 13.1. The number of nitrogens with zero attached hydrogens (tertiary/aromatic N) is 1. The predicted molar refractivity (Wildman–Crippen MR) is 37.3 cm³/mol. The third-order valence-corrected chi connectivity index (χ3v) is 1.35. The van der Waals surface area contributed by atoms with Gasteiger partial charge in [0.05, 0.1) is 6.04 Å². The third-order valence-electron chi connectivity index (χ3n) is 1.35. The minimum atomic E-state index is -0.598. The summed E-state index contributed by atoms with van der Waals surface area (Å²) in [7, 11) is 0. The van der Waals surface area contributed by atoms with Gasteiger partial charge in [0.15, 0.2) is 0 Å². The lowest BCUT2D eigenvalue weighted by atomic mass is 9.88. The van der Waals surface area contributed by atoms with Crippen molar-refractivity contribution in [2.45, 2.75) is 26.8 Å². The Morgan fingerprint density at radius 3 is 2.20 bits per heavy atom. The largest absolute Gasteiger partial charge is 0.249 e. The zero-order chi connectivity index (χ0) is 8.20. The van der Waals surface area contributed by atoms with E-state index in [0.717, 1.165) is 0 Å². The highest BCUT2D eigenvalue weighted by atomic mass is 19.1. The Kier molecular flexibility index (Phi) is 3.23. The van der Waals surface area contributed by atoms with Crippen LogP contribution in [0.3, 0.4) is 0 Å². The van der Waals surface area contributed by atoms with Crippen molar-refractivity contribution in [1.82, 2.24) is 0 Å². The highest BCUT2D eigenvalue weighted by Gasteiger charge is 2.23. The highest BCUT2D eigenvalue weighted by Crippen LogP contribution is 2.21. The lowest BCUT2D eigenvalue weighted by molar-refractivity contribution is 0.265. The van der Waals surface area contributed by atoms with E-state index in [9.17, 15) is 9.18 Å². The lowest BCUT2D eigenvalue weighted by Gasteiger charge is -2.22. The van der Waals surface area contributed by atoms with Crippen molar-refractivity contribution < 1.29 is 9.18 Å². The van der Waals surface area contributed by atoms with E-state index in [1.807, 2.05) is 20.8 Å². The van der Waals surface area contributed by atoms with E-state index in [1.165, 1.54) is 6.08 Å². The van der Waals surface area contributed by atoms with Crippen LogP contribution in [-0.4, -0.2) is 18.8 Å². The van der Waals surface area contributed by atoms with Gasteiger partial charge in [0, 0.05) is 0 Å². The number of isocyanates is 1. The van der Waals surface area contributed by atoms with Crippen LogP contribution < -0.4 is 0 Å². The van der Waals surface area contributed by atoms with Crippen molar-refractivity contribution in [1.29, 1.82) is 0 Å². The average Bonchev–Trinajstić information content (AvgIpc) is 1.80. The van der Waals surface area contributed by atoms with Crippen LogP contribution in [-0.2, 0) is 4.79 Å². The first-order valence-electron chi connectivity index (χ1n) is 3.15. The van der Waals surface area contributed by atoms with Gasteiger partial charge in [-0.2, -0.15) is 4.99 Å². The molecular weight excluding hydrogens is 133 g/mol. The van der Waals surface area contributed by atoms with E-state index < -0.39 is 12.7 Å². The SMILES string of the molecule is CC(C)(C)C(CF)N=C=O. The maximum Gasteiger partial charge on any atom is 0.235 e. The molecule has 0 aromatic carbocycles. The molecule has 3 heteroatoms. The second kappa shape index (κ2) is 3.47. The van der Waals surface area contributed by atoms with Gasteiger partial charge in [-0.05, 0) is 5.41 Å². The molecule has 0 aromatic heterocycles. The Morgan fingerprint density at radius 1 is 1.60 bits per heavy atom. The number of hydrogen-bond donors (Lipinski definition) is 0. The molecular formula is C7H12FNO. The van der Waals surface area contributed by atoms with Gasteiger partial charge in [0.1, 0.15) is 6.67 Å². The molecule has 0 saturated carbocycles. The van der Waals surface area contributed by atoms with Crippen LogP contribution in [0.1, 0.15) is 20.8 Å². The zero-order valence-corrected chi connectivity index (χ0v) is 6.52. The van der Waals surface area contributed by atoms with Gasteiger partial charge in [-0.15, -0.1) is 0 Å². The zero-order valence-electron chi connectivity index (χ0n) is 6.52. The Balaban J connectivity index is 4.20. The molecule has 0 aromatic rings.